The maximum Gasteiger partial charge on any atom is 0.332 e. The zero-order valence-electron chi connectivity index (χ0n) is 6.29. The summed E-state index contributed by atoms with van der Waals surface area (Å²) in [4.78, 5) is 12.9. The van der Waals surface area contributed by atoms with Crippen molar-refractivity contribution in [3.05, 3.63) is 11.6 Å². The van der Waals surface area contributed by atoms with Crippen LogP contribution in [0.4, 0.5) is 0 Å². The van der Waals surface area contributed by atoms with Gasteiger partial charge in [0.2, 0.25) is 0 Å². The molecule has 3 nitrogen and oxygen atoms in total. The molecule has 1 N–H and O–H groups in total. The van der Waals surface area contributed by atoms with E-state index in [1.54, 1.807) is 0 Å². The molecular weight excluding hydrogens is 142 g/mol. The van der Waals surface area contributed by atoms with Crippen molar-refractivity contribution in [2.45, 2.75) is 18.9 Å². The van der Waals surface area contributed by atoms with E-state index in [2.05, 4.69) is 4.90 Å². The zero-order valence-corrected chi connectivity index (χ0v) is 6.29. The fourth-order valence-corrected chi connectivity index (χ4v) is 1.81. The van der Waals surface area contributed by atoms with Crippen molar-refractivity contribution in [2.75, 3.05) is 13.1 Å². The Labute approximate surface area is 65.3 Å². The van der Waals surface area contributed by atoms with Crippen LogP contribution in [0, 0.1) is 0 Å². The number of aliphatic carboxylic acids is 1. The van der Waals surface area contributed by atoms with Crippen molar-refractivity contribution in [2.24, 2.45) is 0 Å². The molecule has 60 valence electrons. The van der Waals surface area contributed by atoms with Crippen molar-refractivity contribution in [1.82, 2.24) is 4.90 Å². The standard InChI is InChI=1S/C8H11NO2/c10-8(11)6-2-1-4-9-5-3-7(6)9/h2,7H,1,3-5H2,(H,10,11). The molecule has 0 aromatic rings. The summed E-state index contributed by atoms with van der Waals surface area (Å²) in [6.07, 6.45) is 3.79. The third-order valence-electron chi connectivity index (χ3n) is 2.52. The zero-order chi connectivity index (χ0) is 7.84. The molecule has 1 atom stereocenters. The van der Waals surface area contributed by atoms with Gasteiger partial charge in [-0.25, -0.2) is 4.79 Å². The van der Waals surface area contributed by atoms with Gasteiger partial charge >= 0.3 is 5.97 Å². The van der Waals surface area contributed by atoms with Gasteiger partial charge in [-0.05, 0) is 12.8 Å². The van der Waals surface area contributed by atoms with Crippen LogP contribution in [0.25, 0.3) is 0 Å². The van der Waals surface area contributed by atoms with Gasteiger partial charge in [0.15, 0.2) is 0 Å². The van der Waals surface area contributed by atoms with Crippen LogP contribution in [0.2, 0.25) is 0 Å². The van der Waals surface area contributed by atoms with E-state index >= 15 is 0 Å². The molecule has 2 aliphatic heterocycles. The van der Waals surface area contributed by atoms with Crippen LogP contribution in [0.1, 0.15) is 12.8 Å². The lowest BCUT2D eigenvalue weighted by atomic mass is 9.90. The minimum absolute atomic E-state index is 0.237. The fraction of sp³-hybridized carbons (Fsp3) is 0.625. The maximum atomic E-state index is 10.6. The highest BCUT2D eigenvalue weighted by Gasteiger charge is 2.35. The Kier molecular flexibility index (Phi) is 1.46. The predicted molar refractivity (Wildman–Crippen MR) is 40.3 cm³/mol. The number of nitrogens with zero attached hydrogens (tertiary/aromatic N) is 1. The van der Waals surface area contributed by atoms with E-state index in [0.29, 0.717) is 5.57 Å². The van der Waals surface area contributed by atoms with Crippen LogP contribution in [0.15, 0.2) is 11.6 Å². The number of hydrogen-bond acceptors (Lipinski definition) is 2. The lowest BCUT2D eigenvalue weighted by molar-refractivity contribution is -0.134. The SMILES string of the molecule is O=C(O)C1=CCCN2CCC12. The first kappa shape index (κ1) is 6.85. The molecule has 0 aliphatic carbocycles. The molecule has 0 aromatic carbocycles. The number of carboxylic acids is 1. The molecule has 0 saturated carbocycles. The van der Waals surface area contributed by atoms with Crippen molar-refractivity contribution in [1.29, 1.82) is 0 Å². The second-order valence-electron chi connectivity index (χ2n) is 3.09. The summed E-state index contributed by atoms with van der Waals surface area (Å²) in [7, 11) is 0. The van der Waals surface area contributed by atoms with Crippen molar-refractivity contribution in [3.63, 3.8) is 0 Å². The Bertz CT molecular complexity index is 222. The minimum Gasteiger partial charge on any atom is -0.478 e. The number of fused-ring (bicyclic) bond motifs is 1. The van der Waals surface area contributed by atoms with E-state index in [-0.39, 0.29) is 6.04 Å². The summed E-state index contributed by atoms with van der Waals surface area (Å²) >= 11 is 0. The quantitative estimate of drug-likeness (QED) is 0.595. The lowest BCUT2D eigenvalue weighted by Crippen LogP contribution is -2.52. The van der Waals surface area contributed by atoms with Crippen molar-refractivity contribution in [3.8, 4) is 0 Å². The number of carboxylic acid groups (broad SMARTS) is 1. The molecule has 1 saturated heterocycles. The summed E-state index contributed by atoms with van der Waals surface area (Å²) < 4.78 is 0. The van der Waals surface area contributed by atoms with Crippen LogP contribution < -0.4 is 0 Å². The molecule has 1 fully saturated rings. The van der Waals surface area contributed by atoms with Crippen LogP contribution >= 0.6 is 0 Å². The molecule has 2 heterocycles. The third kappa shape index (κ3) is 0.959. The molecule has 2 aliphatic rings. The maximum absolute atomic E-state index is 10.6. The summed E-state index contributed by atoms with van der Waals surface area (Å²) in [5, 5.41) is 8.77. The number of hydrogen-bond donors (Lipinski definition) is 1. The van der Waals surface area contributed by atoms with Crippen molar-refractivity contribution < 1.29 is 9.90 Å². The molecular formula is C8H11NO2. The van der Waals surface area contributed by atoms with E-state index in [4.69, 9.17) is 5.11 Å². The Balaban J connectivity index is 2.18. The summed E-state index contributed by atoms with van der Waals surface area (Å²) in [6, 6.07) is 0.237. The Morgan fingerprint density at radius 2 is 2.45 bits per heavy atom. The molecule has 2 rings (SSSR count). The molecule has 0 aromatic heterocycles. The van der Waals surface area contributed by atoms with Gasteiger partial charge in [0, 0.05) is 19.1 Å². The van der Waals surface area contributed by atoms with Gasteiger partial charge in [0.05, 0.1) is 5.57 Å². The second-order valence-corrected chi connectivity index (χ2v) is 3.09. The highest BCUT2D eigenvalue weighted by Crippen LogP contribution is 2.28. The van der Waals surface area contributed by atoms with Crippen LogP contribution in [-0.4, -0.2) is 35.1 Å². The number of carbonyl (C=O) groups is 1. The van der Waals surface area contributed by atoms with E-state index < -0.39 is 5.97 Å². The Morgan fingerprint density at radius 1 is 1.64 bits per heavy atom. The first-order chi connectivity index (χ1) is 5.29. The van der Waals surface area contributed by atoms with E-state index in [1.165, 1.54) is 0 Å². The van der Waals surface area contributed by atoms with Gasteiger partial charge < -0.3 is 5.11 Å². The van der Waals surface area contributed by atoms with Gasteiger partial charge in [-0.1, -0.05) is 6.08 Å². The van der Waals surface area contributed by atoms with Crippen LogP contribution in [0.3, 0.4) is 0 Å². The average molecular weight is 153 g/mol. The topological polar surface area (TPSA) is 40.5 Å². The first-order valence-corrected chi connectivity index (χ1v) is 3.96. The number of rotatable bonds is 1. The highest BCUT2D eigenvalue weighted by molar-refractivity contribution is 5.88. The molecule has 0 bridgehead atoms. The Hall–Kier alpha value is -0.830. The predicted octanol–water partition coefficient (Wildman–Crippen LogP) is 0.475. The first-order valence-electron chi connectivity index (χ1n) is 3.96. The van der Waals surface area contributed by atoms with Gasteiger partial charge in [-0.2, -0.15) is 0 Å². The summed E-state index contributed by atoms with van der Waals surface area (Å²) in [6.45, 7) is 2.12. The molecule has 0 radical (unpaired) electrons. The van der Waals surface area contributed by atoms with Gasteiger partial charge in [0.25, 0.3) is 0 Å². The summed E-state index contributed by atoms with van der Waals surface area (Å²) in [5.74, 6) is -0.737. The molecule has 1 unspecified atom stereocenters. The molecule has 0 spiro atoms. The summed E-state index contributed by atoms with van der Waals surface area (Å²) in [5.41, 5.74) is 0.613. The van der Waals surface area contributed by atoms with Crippen molar-refractivity contribution >= 4 is 5.97 Å². The van der Waals surface area contributed by atoms with E-state index in [1.807, 2.05) is 6.08 Å². The monoisotopic (exact) mass is 153 g/mol. The van der Waals surface area contributed by atoms with Crippen LogP contribution in [-0.2, 0) is 4.79 Å². The molecule has 3 heteroatoms. The normalized spacial score (nSPS) is 30.2. The average Bonchev–Trinajstić information content (AvgIpc) is 1.90. The second kappa shape index (κ2) is 2.34. The minimum atomic E-state index is -0.737. The van der Waals surface area contributed by atoms with Gasteiger partial charge in [-0.3, -0.25) is 4.90 Å². The molecule has 11 heavy (non-hydrogen) atoms. The van der Waals surface area contributed by atoms with Gasteiger partial charge in [-0.15, -0.1) is 0 Å². The highest BCUT2D eigenvalue weighted by atomic mass is 16.4. The lowest BCUT2D eigenvalue weighted by Gasteiger charge is -2.43. The fourth-order valence-electron chi connectivity index (χ4n) is 1.81. The van der Waals surface area contributed by atoms with E-state index in [9.17, 15) is 4.79 Å². The smallest absolute Gasteiger partial charge is 0.332 e. The largest absolute Gasteiger partial charge is 0.478 e. The molecule has 0 amide bonds. The van der Waals surface area contributed by atoms with Crippen LogP contribution in [0.5, 0.6) is 0 Å². The van der Waals surface area contributed by atoms with Gasteiger partial charge in [0.1, 0.15) is 0 Å². The third-order valence-corrected chi connectivity index (χ3v) is 2.52. The van der Waals surface area contributed by atoms with E-state index in [0.717, 1.165) is 25.9 Å². The Morgan fingerprint density at radius 3 is 2.91 bits per heavy atom.